The summed E-state index contributed by atoms with van der Waals surface area (Å²) in [6, 6.07) is 22.9. The molecule has 1 atom stereocenters. The number of hydrogen-bond acceptors (Lipinski definition) is 2. The number of hydrogen-bond donors (Lipinski definition) is 3. The third kappa shape index (κ3) is 4.68. The second-order valence-corrected chi connectivity index (χ2v) is 8.93. The Balaban J connectivity index is 1.39. The molecular weight excluding hydrogens is 436 g/mol. The Morgan fingerprint density at radius 3 is 2.51 bits per heavy atom. The van der Waals surface area contributed by atoms with Gasteiger partial charge in [0.2, 0.25) is 11.8 Å². The van der Waals surface area contributed by atoms with E-state index in [2.05, 4.69) is 15.3 Å². The summed E-state index contributed by atoms with van der Waals surface area (Å²) in [6.45, 7) is 1.97. The van der Waals surface area contributed by atoms with E-state index in [1.54, 1.807) is 11.9 Å². The summed E-state index contributed by atoms with van der Waals surface area (Å²) >= 11 is 0. The highest BCUT2D eigenvalue weighted by atomic mass is 16.2. The van der Waals surface area contributed by atoms with Crippen molar-refractivity contribution in [3.63, 3.8) is 0 Å². The quantitative estimate of drug-likeness (QED) is 0.321. The number of carbonyl (C=O) groups is 2. The van der Waals surface area contributed by atoms with Crippen LogP contribution in [0.25, 0.3) is 21.7 Å². The molecule has 35 heavy (non-hydrogen) atoms. The largest absolute Gasteiger partial charge is 0.366 e. The Hall–Kier alpha value is -4.32. The van der Waals surface area contributed by atoms with Crippen LogP contribution in [0.4, 0.5) is 5.69 Å². The number of aryl methyl sites for hydroxylation is 1. The number of benzene rings is 3. The van der Waals surface area contributed by atoms with Crippen LogP contribution in [0.5, 0.6) is 0 Å². The SMILES string of the molecule is Cc1[nH]c2ccccc2c1CC(=O)N[C@@H](Cc1ccccc1)C(=O)N(C)c1ccc2c[nH]cc2c1. The standard InChI is InChI=1S/C29H28N4O2/c1-19-25(24-10-6-7-11-26(24)31-19)16-28(34)32-27(14-20-8-4-3-5-9-20)29(35)33(2)23-13-12-21-17-30-18-22(21)15-23/h3-13,15,17-18,27,30-31H,14,16H2,1-2H3,(H,32,34)/t27-/m0/s1. The van der Waals surface area contributed by atoms with Crippen LogP contribution >= 0.6 is 0 Å². The van der Waals surface area contributed by atoms with Crippen molar-refractivity contribution in [3.8, 4) is 0 Å². The van der Waals surface area contributed by atoms with Crippen molar-refractivity contribution in [2.24, 2.45) is 0 Å². The molecule has 0 aliphatic carbocycles. The van der Waals surface area contributed by atoms with Crippen molar-refractivity contribution >= 4 is 39.2 Å². The maximum atomic E-state index is 13.6. The van der Waals surface area contributed by atoms with Gasteiger partial charge in [0.05, 0.1) is 6.42 Å². The second kappa shape index (κ2) is 9.50. The molecule has 5 aromatic rings. The highest BCUT2D eigenvalue weighted by molar-refractivity contribution is 6.01. The summed E-state index contributed by atoms with van der Waals surface area (Å²) in [5.41, 5.74) is 4.69. The first-order valence-electron chi connectivity index (χ1n) is 11.7. The third-order valence-electron chi connectivity index (χ3n) is 6.55. The van der Waals surface area contributed by atoms with Gasteiger partial charge in [0.15, 0.2) is 0 Å². The monoisotopic (exact) mass is 464 g/mol. The highest BCUT2D eigenvalue weighted by Crippen LogP contribution is 2.24. The maximum absolute atomic E-state index is 13.6. The zero-order valence-corrected chi connectivity index (χ0v) is 19.8. The van der Waals surface area contributed by atoms with Gasteiger partial charge in [-0.25, -0.2) is 0 Å². The number of para-hydroxylation sites is 1. The van der Waals surface area contributed by atoms with Crippen LogP contribution < -0.4 is 10.2 Å². The Morgan fingerprint density at radius 1 is 0.943 bits per heavy atom. The van der Waals surface area contributed by atoms with E-state index in [1.807, 2.05) is 92.1 Å². The highest BCUT2D eigenvalue weighted by Gasteiger charge is 2.26. The van der Waals surface area contributed by atoms with Crippen molar-refractivity contribution < 1.29 is 9.59 Å². The fraction of sp³-hybridized carbons (Fsp3) is 0.172. The predicted molar refractivity (Wildman–Crippen MR) is 141 cm³/mol. The van der Waals surface area contributed by atoms with Crippen molar-refractivity contribution in [1.29, 1.82) is 0 Å². The number of amides is 2. The van der Waals surface area contributed by atoms with Gasteiger partial charge in [0.1, 0.15) is 6.04 Å². The summed E-state index contributed by atoms with van der Waals surface area (Å²) in [7, 11) is 1.75. The summed E-state index contributed by atoms with van der Waals surface area (Å²) < 4.78 is 0. The predicted octanol–water partition coefficient (Wildman–Crippen LogP) is 4.89. The van der Waals surface area contributed by atoms with Crippen molar-refractivity contribution in [2.45, 2.75) is 25.8 Å². The van der Waals surface area contributed by atoms with Crippen LogP contribution in [0.3, 0.4) is 0 Å². The lowest BCUT2D eigenvalue weighted by Gasteiger charge is -2.25. The average molecular weight is 465 g/mol. The van der Waals surface area contributed by atoms with Gasteiger partial charge in [-0.05, 0) is 41.6 Å². The number of nitrogens with one attached hydrogen (secondary N) is 3. The number of aromatic amines is 2. The first kappa shape index (κ1) is 22.5. The Kier molecular flexibility index (Phi) is 6.10. The molecule has 2 amide bonds. The minimum Gasteiger partial charge on any atom is -0.366 e. The molecule has 0 fully saturated rings. The second-order valence-electron chi connectivity index (χ2n) is 8.93. The molecule has 6 nitrogen and oxygen atoms in total. The molecule has 0 aliphatic heterocycles. The molecule has 3 N–H and O–H groups in total. The van der Waals surface area contributed by atoms with E-state index in [0.29, 0.717) is 6.42 Å². The van der Waals surface area contributed by atoms with E-state index < -0.39 is 6.04 Å². The van der Waals surface area contributed by atoms with E-state index in [0.717, 1.165) is 44.2 Å². The van der Waals surface area contributed by atoms with E-state index in [-0.39, 0.29) is 18.2 Å². The lowest BCUT2D eigenvalue weighted by molar-refractivity contribution is -0.127. The van der Waals surface area contributed by atoms with Gasteiger partial charge in [0, 0.05) is 53.5 Å². The molecule has 6 heteroatoms. The smallest absolute Gasteiger partial charge is 0.249 e. The van der Waals surface area contributed by atoms with Gasteiger partial charge < -0.3 is 20.2 Å². The normalized spacial score (nSPS) is 12.1. The molecule has 2 heterocycles. The van der Waals surface area contributed by atoms with Crippen LogP contribution in [-0.2, 0) is 22.4 Å². The summed E-state index contributed by atoms with van der Waals surface area (Å²) in [4.78, 5) is 34.9. The molecule has 176 valence electrons. The van der Waals surface area contributed by atoms with Gasteiger partial charge in [-0.2, -0.15) is 0 Å². The molecule has 2 aromatic heterocycles. The number of fused-ring (bicyclic) bond motifs is 2. The zero-order valence-electron chi connectivity index (χ0n) is 19.8. The fourth-order valence-corrected chi connectivity index (χ4v) is 4.63. The number of carbonyl (C=O) groups excluding carboxylic acids is 2. The van der Waals surface area contributed by atoms with Gasteiger partial charge in [0.25, 0.3) is 0 Å². The van der Waals surface area contributed by atoms with Gasteiger partial charge in [-0.1, -0.05) is 54.6 Å². The van der Waals surface area contributed by atoms with Crippen LogP contribution in [0, 0.1) is 6.92 Å². The molecule has 0 unspecified atom stereocenters. The topological polar surface area (TPSA) is 81.0 Å². The van der Waals surface area contributed by atoms with Crippen molar-refractivity contribution in [3.05, 3.63) is 102 Å². The average Bonchev–Trinajstić information content (AvgIpc) is 3.47. The van der Waals surface area contributed by atoms with Crippen LogP contribution in [-0.4, -0.2) is 34.9 Å². The molecule has 3 aromatic carbocycles. The third-order valence-corrected chi connectivity index (χ3v) is 6.55. The molecule has 0 saturated carbocycles. The number of H-pyrrole nitrogens is 2. The van der Waals surface area contributed by atoms with Crippen LogP contribution in [0.15, 0.2) is 85.2 Å². The van der Waals surface area contributed by atoms with Crippen molar-refractivity contribution in [2.75, 3.05) is 11.9 Å². The summed E-state index contributed by atoms with van der Waals surface area (Å²) in [5.74, 6) is -0.339. The maximum Gasteiger partial charge on any atom is 0.249 e. The van der Waals surface area contributed by atoms with Gasteiger partial charge in [-0.3, -0.25) is 9.59 Å². The van der Waals surface area contributed by atoms with E-state index >= 15 is 0 Å². The number of rotatable bonds is 7. The van der Waals surface area contributed by atoms with E-state index in [4.69, 9.17) is 0 Å². The Labute approximate surface area is 204 Å². The first-order chi connectivity index (χ1) is 17.0. The van der Waals surface area contributed by atoms with E-state index in [1.165, 1.54) is 0 Å². The first-order valence-corrected chi connectivity index (χ1v) is 11.7. The van der Waals surface area contributed by atoms with Gasteiger partial charge in [-0.15, -0.1) is 0 Å². The van der Waals surface area contributed by atoms with Crippen molar-refractivity contribution in [1.82, 2.24) is 15.3 Å². The lowest BCUT2D eigenvalue weighted by Crippen LogP contribution is -2.49. The lowest BCUT2D eigenvalue weighted by atomic mass is 10.0. The molecular formula is C29H28N4O2. The minimum atomic E-state index is -0.692. The number of likely N-dealkylation sites (N-methyl/N-ethyl adjacent to an activating group) is 1. The molecule has 0 aliphatic rings. The zero-order chi connectivity index (χ0) is 24.4. The van der Waals surface area contributed by atoms with Gasteiger partial charge >= 0.3 is 0 Å². The minimum absolute atomic E-state index is 0.160. The Bertz CT molecular complexity index is 1500. The number of nitrogens with zero attached hydrogens (tertiary/aromatic N) is 1. The number of anilines is 1. The molecule has 0 bridgehead atoms. The molecule has 5 rings (SSSR count). The molecule has 0 spiro atoms. The Morgan fingerprint density at radius 2 is 1.69 bits per heavy atom. The van der Waals surface area contributed by atoms with Crippen LogP contribution in [0.1, 0.15) is 16.8 Å². The molecule has 0 radical (unpaired) electrons. The fourth-order valence-electron chi connectivity index (χ4n) is 4.63. The number of aromatic nitrogens is 2. The van der Waals surface area contributed by atoms with E-state index in [9.17, 15) is 9.59 Å². The van der Waals surface area contributed by atoms with Crippen LogP contribution in [0.2, 0.25) is 0 Å². The molecule has 0 saturated heterocycles. The summed E-state index contributed by atoms with van der Waals surface area (Å²) in [6.07, 6.45) is 4.44. The summed E-state index contributed by atoms with van der Waals surface area (Å²) in [5, 5.41) is 6.17.